The second-order valence-electron chi connectivity index (χ2n) is 7.36. The Bertz CT molecular complexity index is 1420. The lowest BCUT2D eigenvalue weighted by Crippen LogP contribution is -2.14. The van der Waals surface area contributed by atoms with Gasteiger partial charge in [0.2, 0.25) is 5.91 Å². The third-order valence-corrected chi connectivity index (χ3v) is 6.25. The molecule has 0 aliphatic rings. The number of anilines is 1. The first kappa shape index (κ1) is 24.0. The summed E-state index contributed by atoms with van der Waals surface area (Å²) in [6, 6.07) is 26.4. The first-order chi connectivity index (χ1) is 16.9. The Morgan fingerprint density at radius 3 is 2.34 bits per heavy atom. The normalized spacial score (nSPS) is 10.4. The number of pyridine rings is 1. The summed E-state index contributed by atoms with van der Waals surface area (Å²) in [6.07, 6.45) is 0. The van der Waals surface area contributed by atoms with E-state index in [1.165, 1.54) is 24.3 Å². The van der Waals surface area contributed by atoms with Crippen LogP contribution in [0.2, 0.25) is 5.02 Å². The highest BCUT2D eigenvalue weighted by molar-refractivity contribution is 8.00. The number of hydrogen-bond donors (Lipinski definition) is 1. The maximum Gasteiger partial charge on any atom is 0.269 e. The van der Waals surface area contributed by atoms with E-state index in [4.69, 9.17) is 11.6 Å². The lowest BCUT2D eigenvalue weighted by atomic mass is 9.99. The molecule has 0 saturated carbocycles. The zero-order valence-electron chi connectivity index (χ0n) is 18.1. The Labute approximate surface area is 210 Å². The fourth-order valence-corrected chi connectivity index (χ4v) is 4.27. The van der Waals surface area contributed by atoms with Crippen molar-refractivity contribution >= 4 is 40.6 Å². The summed E-state index contributed by atoms with van der Waals surface area (Å²) in [7, 11) is 0. The molecule has 0 bridgehead atoms. The number of halogens is 1. The van der Waals surface area contributed by atoms with Crippen molar-refractivity contribution in [3.63, 3.8) is 0 Å². The van der Waals surface area contributed by atoms with Gasteiger partial charge in [-0.1, -0.05) is 65.8 Å². The molecule has 1 N–H and O–H groups in total. The monoisotopic (exact) mass is 500 g/mol. The van der Waals surface area contributed by atoms with Crippen LogP contribution in [0.1, 0.15) is 5.56 Å². The average Bonchev–Trinajstić information content (AvgIpc) is 2.88. The van der Waals surface area contributed by atoms with Crippen LogP contribution in [0.25, 0.3) is 22.4 Å². The predicted molar refractivity (Wildman–Crippen MR) is 137 cm³/mol. The van der Waals surface area contributed by atoms with E-state index in [-0.39, 0.29) is 17.3 Å². The largest absolute Gasteiger partial charge is 0.325 e. The maximum absolute atomic E-state index is 12.6. The van der Waals surface area contributed by atoms with Gasteiger partial charge in [0, 0.05) is 34.0 Å². The highest BCUT2D eigenvalue weighted by Crippen LogP contribution is 2.34. The summed E-state index contributed by atoms with van der Waals surface area (Å²) in [5, 5.41) is 24.5. The number of benzene rings is 3. The van der Waals surface area contributed by atoms with E-state index in [9.17, 15) is 20.2 Å². The SMILES string of the molecule is N#Cc1c(-c2ccccc2)cc(-c2ccc(Cl)cc2)nc1SCC(=O)Nc1ccc([N+](=O)[O-])cc1. The van der Waals surface area contributed by atoms with E-state index in [1.807, 2.05) is 48.5 Å². The molecule has 1 aromatic heterocycles. The molecule has 0 unspecified atom stereocenters. The zero-order valence-corrected chi connectivity index (χ0v) is 19.7. The number of nitriles is 1. The van der Waals surface area contributed by atoms with E-state index < -0.39 is 4.92 Å². The van der Waals surface area contributed by atoms with Crippen LogP contribution < -0.4 is 5.32 Å². The molecule has 3 aromatic carbocycles. The second kappa shape index (κ2) is 10.8. The van der Waals surface area contributed by atoms with Crippen LogP contribution in [0.3, 0.4) is 0 Å². The minimum absolute atomic E-state index is 0.00301. The molecule has 4 aromatic rings. The van der Waals surface area contributed by atoms with Crippen molar-refractivity contribution in [2.75, 3.05) is 11.1 Å². The van der Waals surface area contributed by atoms with E-state index in [1.54, 1.807) is 12.1 Å². The van der Waals surface area contributed by atoms with Crippen molar-refractivity contribution in [2.45, 2.75) is 5.03 Å². The van der Waals surface area contributed by atoms with Crippen LogP contribution in [0, 0.1) is 21.4 Å². The summed E-state index contributed by atoms with van der Waals surface area (Å²) >= 11 is 7.18. The van der Waals surface area contributed by atoms with Gasteiger partial charge in [-0.3, -0.25) is 14.9 Å². The lowest BCUT2D eigenvalue weighted by molar-refractivity contribution is -0.384. The van der Waals surface area contributed by atoms with Gasteiger partial charge in [0.1, 0.15) is 11.1 Å². The molecule has 0 atom stereocenters. The van der Waals surface area contributed by atoms with Gasteiger partial charge in [0.05, 0.1) is 21.9 Å². The number of nitrogens with zero attached hydrogens (tertiary/aromatic N) is 3. The number of nitrogens with one attached hydrogen (secondary N) is 1. The molecule has 172 valence electrons. The van der Waals surface area contributed by atoms with Gasteiger partial charge >= 0.3 is 0 Å². The summed E-state index contributed by atoms with van der Waals surface area (Å²) < 4.78 is 0. The molecular weight excluding hydrogens is 484 g/mol. The molecule has 0 aliphatic carbocycles. The highest BCUT2D eigenvalue weighted by atomic mass is 35.5. The van der Waals surface area contributed by atoms with Crippen LogP contribution in [-0.2, 0) is 4.79 Å². The van der Waals surface area contributed by atoms with Crippen molar-refractivity contribution in [1.82, 2.24) is 4.98 Å². The number of carbonyl (C=O) groups excluding carboxylic acids is 1. The Balaban J connectivity index is 1.63. The molecule has 7 nitrogen and oxygen atoms in total. The quantitative estimate of drug-likeness (QED) is 0.174. The standard InChI is InChI=1S/C26H17ClN4O3S/c27-19-8-6-18(7-9-19)24-14-22(17-4-2-1-3-5-17)23(15-28)26(30-24)35-16-25(32)29-20-10-12-21(13-11-20)31(33)34/h1-14H,16H2,(H,29,32). The fourth-order valence-electron chi connectivity index (χ4n) is 3.35. The lowest BCUT2D eigenvalue weighted by Gasteiger charge is -2.13. The van der Waals surface area contributed by atoms with Gasteiger partial charge in [-0.05, 0) is 35.9 Å². The Hall–Kier alpha value is -4.19. The van der Waals surface area contributed by atoms with E-state index in [0.717, 1.165) is 22.9 Å². The number of amides is 1. The minimum Gasteiger partial charge on any atom is -0.325 e. The van der Waals surface area contributed by atoms with Crippen LogP contribution >= 0.6 is 23.4 Å². The summed E-state index contributed by atoms with van der Waals surface area (Å²) in [5.41, 5.74) is 3.81. The van der Waals surface area contributed by atoms with Gasteiger partial charge in [0.15, 0.2) is 0 Å². The van der Waals surface area contributed by atoms with Gasteiger partial charge in [0.25, 0.3) is 5.69 Å². The van der Waals surface area contributed by atoms with E-state index in [2.05, 4.69) is 16.4 Å². The number of aromatic nitrogens is 1. The second-order valence-corrected chi connectivity index (χ2v) is 8.76. The molecule has 1 amide bonds. The van der Waals surface area contributed by atoms with E-state index in [0.29, 0.717) is 32.6 Å². The smallest absolute Gasteiger partial charge is 0.269 e. The van der Waals surface area contributed by atoms with Crippen LogP contribution in [0.5, 0.6) is 0 Å². The van der Waals surface area contributed by atoms with Gasteiger partial charge in [-0.25, -0.2) is 4.98 Å². The number of thioether (sulfide) groups is 1. The molecule has 0 radical (unpaired) electrons. The molecule has 1 heterocycles. The summed E-state index contributed by atoms with van der Waals surface area (Å²) in [5.74, 6) is -0.329. The molecule has 35 heavy (non-hydrogen) atoms. The van der Waals surface area contributed by atoms with Crippen LogP contribution in [0.4, 0.5) is 11.4 Å². The number of carbonyl (C=O) groups is 1. The number of nitro benzene ring substituents is 1. The fraction of sp³-hybridized carbons (Fsp3) is 0.0385. The molecule has 0 spiro atoms. The van der Waals surface area contributed by atoms with Gasteiger partial charge in [-0.2, -0.15) is 5.26 Å². The Kier molecular flexibility index (Phi) is 7.41. The third kappa shape index (κ3) is 5.84. The predicted octanol–water partition coefficient (Wildman–Crippen LogP) is 6.58. The number of rotatable bonds is 7. The maximum atomic E-state index is 12.6. The van der Waals surface area contributed by atoms with Gasteiger partial charge in [-0.15, -0.1) is 0 Å². The third-order valence-electron chi connectivity index (χ3n) is 5.02. The van der Waals surface area contributed by atoms with Crippen molar-refractivity contribution in [3.8, 4) is 28.5 Å². The Morgan fingerprint density at radius 2 is 1.71 bits per heavy atom. The first-order valence-corrected chi connectivity index (χ1v) is 11.7. The molecule has 0 fully saturated rings. The van der Waals surface area contributed by atoms with Crippen LogP contribution in [-0.4, -0.2) is 21.6 Å². The highest BCUT2D eigenvalue weighted by Gasteiger charge is 2.17. The molecule has 0 saturated heterocycles. The summed E-state index contributed by atoms with van der Waals surface area (Å²) in [4.78, 5) is 27.5. The number of nitro groups is 1. The number of hydrogen-bond acceptors (Lipinski definition) is 6. The minimum atomic E-state index is -0.505. The molecular formula is C26H17ClN4O3S. The first-order valence-electron chi connectivity index (χ1n) is 10.4. The molecule has 4 rings (SSSR count). The van der Waals surface area contributed by atoms with Crippen LogP contribution in [0.15, 0.2) is 90.0 Å². The van der Waals surface area contributed by atoms with E-state index >= 15 is 0 Å². The zero-order chi connectivity index (χ0) is 24.8. The Morgan fingerprint density at radius 1 is 1.03 bits per heavy atom. The van der Waals surface area contributed by atoms with Crippen molar-refractivity contribution in [2.24, 2.45) is 0 Å². The molecule has 0 aliphatic heterocycles. The van der Waals surface area contributed by atoms with Crippen molar-refractivity contribution in [3.05, 3.63) is 106 Å². The molecule has 9 heteroatoms. The van der Waals surface area contributed by atoms with Gasteiger partial charge < -0.3 is 5.32 Å². The average molecular weight is 501 g/mol. The summed E-state index contributed by atoms with van der Waals surface area (Å²) in [6.45, 7) is 0. The van der Waals surface area contributed by atoms with Crippen molar-refractivity contribution in [1.29, 1.82) is 5.26 Å². The van der Waals surface area contributed by atoms with Crippen molar-refractivity contribution < 1.29 is 9.72 Å². The number of non-ortho nitro benzene ring substituents is 1. The topological polar surface area (TPSA) is 109 Å².